The van der Waals surface area contributed by atoms with Crippen molar-refractivity contribution in [2.75, 3.05) is 7.11 Å². The van der Waals surface area contributed by atoms with Crippen molar-refractivity contribution in [3.05, 3.63) is 27.7 Å². The Kier molecular flexibility index (Phi) is 3.38. The first-order valence-electron chi connectivity index (χ1n) is 5.61. The monoisotopic (exact) mass is 314 g/mol. The second-order valence-electron chi connectivity index (χ2n) is 4.95. The maximum atomic E-state index is 11.4. The Morgan fingerprint density at radius 3 is 2.83 bits per heavy atom. The molecule has 1 heterocycles. The van der Waals surface area contributed by atoms with Gasteiger partial charge in [0.25, 0.3) is 0 Å². The van der Waals surface area contributed by atoms with Crippen molar-refractivity contribution >= 4 is 21.9 Å². The molecule has 5 heteroatoms. The summed E-state index contributed by atoms with van der Waals surface area (Å²) >= 11 is 3.37. The van der Waals surface area contributed by atoms with Crippen LogP contribution in [0.5, 0.6) is 5.75 Å². The maximum Gasteiger partial charge on any atom is 0.339 e. The predicted octanol–water partition coefficient (Wildman–Crippen LogP) is 2.37. The molecule has 1 aromatic rings. The van der Waals surface area contributed by atoms with Gasteiger partial charge >= 0.3 is 5.97 Å². The third-order valence-electron chi connectivity index (χ3n) is 2.87. The van der Waals surface area contributed by atoms with Gasteiger partial charge in [-0.1, -0.05) is 15.9 Å². The summed E-state index contributed by atoms with van der Waals surface area (Å²) < 4.78 is 11.2. The lowest BCUT2D eigenvalue weighted by Crippen LogP contribution is -2.25. The molecule has 18 heavy (non-hydrogen) atoms. The average molecular weight is 315 g/mol. The van der Waals surface area contributed by atoms with E-state index in [4.69, 9.17) is 4.74 Å². The molecule has 0 fully saturated rings. The number of aliphatic hydroxyl groups is 1. The highest BCUT2D eigenvalue weighted by atomic mass is 79.9. The molecule has 4 nitrogen and oxygen atoms in total. The standard InChI is InChI=1S/C13H15BrO4/c1-13(2)6-7-4-8(14)5-9(11(7)18-13)10(15)12(16)17-3/h4-5,10,15H,6H2,1-3H3. The number of halogens is 1. The topological polar surface area (TPSA) is 55.8 Å². The van der Waals surface area contributed by atoms with Crippen LogP contribution >= 0.6 is 15.9 Å². The average Bonchev–Trinajstić information content (AvgIpc) is 2.59. The molecule has 0 aliphatic carbocycles. The fourth-order valence-electron chi connectivity index (χ4n) is 2.14. The molecule has 0 saturated carbocycles. The summed E-state index contributed by atoms with van der Waals surface area (Å²) in [5.41, 5.74) is 1.09. The molecule has 2 rings (SSSR count). The molecular weight excluding hydrogens is 300 g/mol. The SMILES string of the molecule is COC(=O)C(O)c1cc(Br)cc2c1OC(C)(C)C2. The van der Waals surface area contributed by atoms with Gasteiger partial charge in [0.1, 0.15) is 11.4 Å². The van der Waals surface area contributed by atoms with E-state index in [1.165, 1.54) is 7.11 Å². The number of methoxy groups -OCH3 is 1. The summed E-state index contributed by atoms with van der Waals surface area (Å²) in [6.45, 7) is 3.93. The van der Waals surface area contributed by atoms with Crippen LogP contribution in [0.25, 0.3) is 0 Å². The Hall–Kier alpha value is -1.07. The van der Waals surface area contributed by atoms with Gasteiger partial charge in [-0.15, -0.1) is 0 Å². The van der Waals surface area contributed by atoms with E-state index in [1.54, 1.807) is 6.07 Å². The van der Waals surface area contributed by atoms with Crippen molar-refractivity contribution in [3.8, 4) is 5.75 Å². The van der Waals surface area contributed by atoms with Crippen LogP contribution in [-0.4, -0.2) is 23.8 Å². The smallest absolute Gasteiger partial charge is 0.339 e. The van der Waals surface area contributed by atoms with Gasteiger partial charge < -0.3 is 14.6 Å². The molecule has 1 aromatic carbocycles. The Morgan fingerprint density at radius 2 is 2.22 bits per heavy atom. The molecule has 1 unspecified atom stereocenters. The van der Waals surface area contributed by atoms with Gasteiger partial charge in [0, 0.05) is 16.5 Å². The first kappa shape index (κ1) is 13.4. The molecule has 98 valence electrons. The number of ether oxygens (including phenoxy) is 2. The first-order valence-corrected chi connectivity index (χ1v) is 6.40. The van der Waals surface area contributed by atoms with Crippen molar-refractivity contribution in [3.63, 3.8) is 0 Å². The van der Waals surface area contributed by atoms with E-state index < -0.39 is 12.1 Å². The van der Waals surface area contributed by atoms with E-state index in [-0.39, 0.29) is 5.60 Å². The normalized spacial score (nSPS) is 17.8. The van der Waals surface area contributed by atoms with Crippen molar-refractivity contribution in [2.24, 2.45) is 0 Å². The zero-order valence-corrected chi connectivity index (χ0v) is 12.1. The summed E-state index contributed by atoms with van der Waals surface area (Å²) in [5, 5.41) is 9.97. The summed E-state index contributed by atoms with van der Waals surface area (Å²) in [6.07, 6.45) is -0.585. The van der Waals surface area contributed by atoms with Gasteiger partial charge in [0.2, 0.25) is 0 Å². The molecule has 1 aliphatic heterocycles. The minimum absolute atomic E-state index is 0.326. The van der Waals surface area contributed by atoms with E-state index in [0.29, 0.717) is 11.3 Å². The van der Waals surface area contributed by atoms with Crippen molar-refractivity contribution < 1.29 is 19.4 Å². The van der Waals surface area contributed by atoms with Gasteiger partial charge in [-0.2, -0.15) is 0 Å². The number of carbonyl (C=O) groups is 1. The largest absolute Gasteiger partial charge is 0.487 e. The van der Waals surface area contributed by atoms with Gasteiger partial charge in [0.05, 0.1) is 7.11 Å². The number of carbonyl (C=O) groups excluding carboxylic acids is 1. The fraction of sp³-hybridized carbons (Fsp3) is 0.462. The lowest BCUT2D eigenvalue weighted by molar-refractivity contribution is -0.150. The van der Waals surface area contributed by atoms with Crippen LogP contribution in [0.2, 0.25) is 0 Å². The third-order valence-corrected chi connectivity index (χ3v) is 3.33. The van der Waals surface area contributed by atoms with Crippen LogP contribution in [0.1, 0.15) is 31.1 Å². The molecule has 0 saturated heterocycles. The molecule has 0 amide bonds. The Balaban J connectivity index is 2.47. The molecule has 1 atom stereocenters. The van der Waals surface area contributed by atoms with Crippen LogP contribution in [0.3, 0.4) is 0 Å². The second kappa shape index (κ2) is 4.55. The summed E-state index contributed by atoms with van der Waals surface area (Å²) in [7, 11) is 1.24. The van der Waals surface area contributed by atoms with Crippen molar-refractivity contribution in [1.82, 2.24) is 0 Å². The van der Waals surface area contributed by atoms with Crippen LogP contribution in [0.4, 0.5) is 0 Å². The van der Waals surface area contributed by atoms with Gasteiger partial charge in [-0.05, 0) is 31.5 Å². The Bertz CT molecular complexity index is 496. The highest BCUT2D eigenvalue weighted by Crippen LogP contribution is 2.42. The number of benzene rings is 1. The zero-order valence-electron chi connectivity index (χ0n) is 10.5. The molecular formula is C13H15BrO4. The minimum Gasteiger partial charge on any atom is -0.487 e. The predicted molar refractivity (Wildman–Crippen MR) is 69.5 cm³/mol. The Labute approximate surface area is 114 Å². The van der Waals surface area contributed by atoms with Crippen LogP contribution in [0.15, 0.2) is 16.6 Å². The van der Waals surface area contributed by atoms with E-state index in [0.717, 1.165) is 16.5 Å². The quantitative estimate of drug-likeness (QED) is 0.851. The Morgan fingerprint density at radius 1 is 1.56 bits per heavy atom. The van der Waals surface area contributed by atoms with Crippen LogP contribution < -0.4 is 4.74 Å². The lowest BCUT2D eigenvalue weighted by atomic mass is 9.99. The number of hydrogen-bond acceptors (Lipinski definition) is 4. The molecule has 0 radical (unpaired) electrons. The van der Waals surface area contributed by atoms with Gasteiger partial charge in [-0.25, -0.2) is 4.79 Å². The number of aliphatic hydroxyl groups excluding tert-OH is 1. The maximum absolute atomic E-state index is 11.4. The van der Waals surface area contributed by atoms with Crippen LogP contribution in [0, 0.1) is 0 Å². The molecule has 0 spiro atoms. The number of rotatable bonds is 2. The molecule has 1 aliphatic rings. The number of hydrogen-bond donors (Lipinski definition) is 1. The first-order chi connectivity index (χ1) is 8.34. The lowest BCUT2D eigenvalue weighted by Gasteiger charge is -2.19. The van der Waals surface area contributed by atoms with Crippen molar-refractivity contribution in [2.45, 2.75) is 32.0 Å². The molecule has 0 aromatic heterocycles. The van der Waals surface area contributed by atoms with E-state index in [9.17, 15) is 9.90 Å². The molecule has 0 bridgehead atoms. The fourth-order valence-corrected chi connectivity index (χ4v) is 2.66. The summed E-state index contributed by atoms with van der Waals surface area (Å²) in [4.78, 5) is 11.4. The minimum atomic E-state index is -1.32. The highest BCUT2D eigenvalue weighted by molar-refractivity contribution is 9.10. The van der Waals surface area contributed by atoms with Crippen molar-refractivity contribution in [1.29, 1.82) is 0 Å². The van der Waals surface area contributed by atoms with Gasteiger partial charge in [0.15, 0.2) is 6.10 Å². The highest BCUT2D eigenvalue weighted by Gasteiger charge is 2.35. The third kappa shape index (κ3) is 2.37. The van der Waals surface area contributed by atoms with Crippen LogP contribution in [-0.2, 0) is 16.0 Å². The second-order valence-corrected chi connectivity index (χ2v) is 5.86. The summed E-state index contributed by atoms with van der Waals surface area (Å²) in [6, 6.07) is 3.62. The zero-order chi connectivity index (χ0) is 13.5. The number of fused-ring (bicyclic) bond motifs is 1. The van der Waals surface area contributed by atoms with Gasteiger partial charge in [-0.3, -0.25) is 0 Å². The van der Waals surface area contributed by atoms with E-state index >= 15 is 0 Å². The number of esters is 1. The summed E-state index contributed by atoms with van der Waals surface area (Å²) in [5.74, 6) is -0.107. The van der Waals surface area contributed by atoms with E-state index in [2.05, 4.69) is 20.7 Å². The van der Waals surface area contributed by atoms with E-state index in [1.807, 2.05) is 19.9 Å². The molecule has 1 N–H and O–H groups in total.